The summed E-state index contributed by atoms with van der Waals surface area (Å²) in [6.45, 7) is 6.88. The predicted molar refractivity (Wildman–Crippen MR) is 225 cm³/mol. The number of thiophene rings is 1. The Hall–Kier alpha value is -6.16. The van der Waals surface area contributed by atoms with E-state index in [1.54, 1.807) is 11.3 Å². The minimum Gasteiger partial charge on any atom is -0.248 e. The van der Waals surface area contributed by atoms with Crippen LogP contribution in [0.25, 0.3) is 22.3 Å². The number of benzene rings is 5. The Balaban J connectivity index is 1.47. The van der Waals surface area contributed by atoms with Gasteiger partial charge in [-0.2, -0.15) is 0 Å². The molecule has 3 aliphatic heterocycles. The molecule has 3 heteroatoms. The van der Waals surface area contributed by atoms with Crippen molar-refractivity contribution in [1.29, 1.82) is 0 Å². The summed E-state index contributed by atoms with van der Waals surface area (Å²) < 4.78 is 2.33. The molecular weight excluding hydrogens is 661 g/mol. The van der Waals surface area contributed by atoms with Crippen LogP contribution in [0.4, 0.5) is 0 Å². The molecule has 1 aromatic heterocycles. The fourth-order valence-corrected chi connectivity index (χ4v) is 8.57. The summed E-state index contributed by atoms with van der Waals surface area (Å²) in [4.78, 5) is 11.0. The normalized spacial score (nSPS) is 15.3. The Bertz CT molecular complexity index is 2520. The molecular formula is C50H38N2S. The number of fused-ring (bicyclic) bond motifs is 6. The van der Waals surface area contributed by atoms with E-state index in [0.29, 0.717) is 0 Å². The van der Waals surface area contributed by atoms with Gasteiger partial charge in [-0.25, -0.2) is 9.98 Å². The van der Waals surface area contributed by atoms with Crippen LogP contribution in [0.1, 0.15) is 59.7 Å². The second-order valence-electron chi connectivity index (χ2n) is 14.6. The van der Waals surface area contributed by atoms with E-state index in [-0.39, 0.29) is 5.41 Å². The molecule has 4 heterocycles. The highest BCUT2D eigenvalue weighted by atomic mass is 32.1. The van der Waals surface area contributed by atoms with Crippen LogP contribution in [-0.2, 0) is 5.41 Å². The first-order valence-corrected chi connectivity index (χ1v) is 19.0. The van der Waals surface area contributed by atoms with E-state index in [4.69, 9.17) is 9.98 Å². The van der Waals surface area contributed by atoms with Gasteiger partial charge in [0.05, 0.1) is 22.8 Å². The maximum atomic E-state index is 5.51. The third kappa shape index (κ3) is 6.24. The van der Waals surface area contributed by atoms with Gasteiger partial charge in [0, 0.05) is 31.4 Å². The Morgan fingerprint density at radius 2 is 0.736 bits per heavy atom. The number of rotatable bonds is 4. The average Bonchev–Trinajstić information content (AvgIpc) is 3.97. The van der Waals surface area contributed by atoms with Crippen LogP contribution in [0, 0.1) is 0 Å². The van der Waals surface area contributed by atoms with Crippen molar-refractivity contribution in [3.8, 4) is 0 Å². The molecule has 2 nitrogen and oxygen atoms in total. The van der Waals surface area contributed by atoms with Gasteiger partial charge in [-0.3, -0.25) is 0 Å². The lowest BCUT2D eigenvalue weighted by molar-refractivity contribution is 0.590. The Morgan fingerprint density at radius 3 is 1.09 bits per heavy atom. The molecule has 0 saturated carbocycles. The van der Waals surface area contributed by atoms with Crippen LogP contribution in [0.3, 0.4) is 0 Å². The van der Waals surface area contributed by atoms with E-state index in [1.807, 2.05) is 0 Å². The minimum atomic E-state index is -0.109. The number of hydrogen-bond acceptors (Lipinski definition) is 3. The smallest absolute Gasteiger partial charge is 0.0730 e. The molecule has 3 aliphatic rings. The molecule has 0 atom stereocenters. The van der Waals surface area contributed by atoms with E-state index in [0.717, 1.165) is 87.6 Å². The minimum absolute atomic E-state index is 0.109. The second-order valence-corrected chi connectivity index (χ2v) is 15.7. The number of aliphatic imine (C=N–C) groups is 2. The lowest BCUT2D eigenvalue weighted by Crippen LogP contribution is -2.13. The van der Waals surface area contributed by atoms with E-state index in [9.17, 15) is 0 Å². The van der Waals surface area contributed by atoms with E-state index >= 15 is 0 Å². The van der Waals surface area contributed by atoms with Crippen LogP contribution >= 0.6 is 11.3 Å². The molecule has 0 fully saturated rings. The Morgan fingerprint density at radius 1 is 0.377 bits per heavy atom. The fourth-order valence-electron chi connectivity index (χ4n) is 7.41. The lowest BCUT2D eigenvalue weighted by atomic mass is 9.81. The maximum absolute atomic E-state index is 5.51. The van der Waals surface area contributed by atoms with Crippen LogP contribution < -0.4 is 9.06 Å². The van der Waals surface area contributed by atoms with Gasteiger partial charge in [-0.1, -0.05) is 154 Å². The van der Waals surface area contributed by atoms with Crippen LogP contribution in [-0.4, -0.2) is 11.4 Å². The summed E-state index contributed by atoms with van der Waals surface area (Å²) in [5.41, 5.74) is 16.2. The molecule has 53 heavy (non-hydrogen) atoms. The molecule has 0 aliphatic carbocycles. The van der Waals surface area contributed by atoms with Gasteiger partial charge in [0.15, 0.2) is 0 Å². The van der Waals surface area contributed by atoms with Gasteiger partial charge in [0.2, 0.25) is 0 Å². The van der Waals surface area contributed by atoms with Crippen molar-refractivity contribution in [3.63, 3.8) is 0 Å². The van der Waals surface area contributed by atoms with Crippen LogP contribution in [0.5, 0.6) is 0 Å². The first-order valence-electron chi connectivity index (χ1n) is 18.2. The zero-order valence-electron chi connectivity index (χ0n) is 30.0. The van der Waals surface area contributed by atoms with Gasteiger partial charge in [0.25, 0.3) is 0 Å². The summed E-state index contributed by atoms with van der Waals surface area (Å²) in [7, 11) is 0. The van der Waals surface area contributed by atoms with E-state index in [1.165, 1.54) is 5.56 Å². The molecule has 0 saturated heterocycles. The van der Waals surface area contributed by atoms with Gasteiger partial charge < -0.3 is 0 Å². The number of hydrogen-bond donors (Lipinski definition) is 0. The van der Waals surface area contributed by atoms with Crippen LogP contribution in [0.2, 0.25) is 0 Å². The molecule has 0 radical (unpaired) electrons. The zero-order chi connectivity index (χ0) is 35.9. The van der Waals surface area contributed by atoms with Gasteiger partial charge >= 0.3 is 0 Å². The predicted octanol–water partition coefficient (Wildman–Crippen LogP) is 10.7. The van der Waals surface area contributed by atoms with Crippen molar-refractivity contribution >= 4 is 45.1 Å². The van der Waals surface area contributed by atoms with Gasteiger partial charge in [-0.05, 0) is 86.9 Å². The molecule has 0 N–H and O–H groups in total. The Labute approximate surface area is 315 Å². The van der Waals surface area contributed by atoms with E-state index < -0.39 is 0 Å². The van der Waals surface area contributed by atoms with E-state index in [2.05, 4.69) is 197 Å². The highest BCUT2D eigenvalue weighted by Gasteiger charge is 2.25. The molecule has 0 spiro atoms. The third-order valence-electron chi connectivity index (χ3n) is 10.0. The summed E-state index contributed by atoms with van der Waals surface area (Å²) in [6, 6.07) is 54.4. The first-order chi connectivity index (χ1) is 25.9. The molecule has 6 aromatic rings. The highest BCUT2D eigenvalue weighted by Crippen LogP contribution is 2.39. The second kappa shape index (κ2) is 13.4. The quantitative estimate of drug-likeness (QED) is 0.175. The SMILES string of the molecule is CC(C)(C)c1cc2cc(c1)C(c1ccccc1)=C1C=CC(=N1)C(c1ccccc1)=c1ccc(s1)=C(c1ccccc1)C1=NC(=C2c2ccccc2)C=C1. The molecule has 9 rings (SSSR count). The molecule has 5 aromatic carbocycles. The summed E-state index contributed by atoms with van der Waals surface area (Å²) >= 11 is 1.80. The van der Waals surface area contributed by atoms with Crippen molar-refractivity contribution in [2.45, 2.75) is 26.2 Å². The van der Waals surface area contributed by atoms with Gasteiger partial charge in [-0.15, -0.1) is 11.3 Å². The summed E-state index contributed by atoms with van der Waals surface area (Å²) in [5, 5.41) is 0. The molecule has 254 valence electrons. The van der Waals surface area contributed by atoms with Crippen molar-refractivity contribution in [2.75, 3.05) is 0 Å². The summed E-state index contributed by atoms with van der Waals surface area (Å²) in [6.07, 6.45) is 8.79. The summed E-state index contributed by atoms with van der Waals surface area (Å²) in [5.74, 6) is 0. The molecule has 0 amide bonds. The third-order valence-corrected chi connectivity index (χ3v) is 11.1. The average molecular weight is 699 g/mol. The standard InChI is InChI=1S/C50H38N2S/c1-50(2,3)39-31-37-30-38(32-39)47(34-18-10-5-11-19-34)41-25-27-43(52-41)49(36-22-14-7-15-23-36)45-29-28-44(53-45)48(35-20-12-6-13-21-35)42-26-24-40(51-42)46(37)33-16-8-4-9-17-33/h4-32H,1-3H3. The van der Waals surface area contributed by atoms with Crippen molar-refractivity contribution in [1.82, 2.24) is 0 Å². The zero-order valence-corrected chi connectivity index (χ0v) is 30.9. The number of allylic oxidation sites excluding steroid dienone is 4. The fraction of sp³-hybridized carbons (Fsp3) is 0.0800. The lowest BCUT2D eigenvalue weighted by Gasteiger charge is -2.24. The monoisotopic (exact) mass is 698 g/mol. The van der Waals surface area contributed by atoms with Crippen LogP contribution in [0.15, 0.2) is 197 Å². The van der Waals surface area contributed by atoms with Crippen molar-refractivity contribution in [2.24, 2.45) is 9.98 Å². The highest BCUT2D eigenvalue weighted by molar-refractivity contribution is 7.08. The molecule has 0 unspecified atom stereocenters. The van der Waals surface area contributed by atoms with Gasteiger partial charge in [0.1, 0.15) is 0 Å². The van der Waals surface area contributed by atoms with Crippen molar-refractivity contribution in [3.05, 3.63) is 235 Å². The largest absolute Gasteiger partial charge is 0.248 e. The Kier molecular flexibility index (Phi) is 8.29. The maximum Gasteiger partial charge on any atom is 0.0730 e. The first kappa shape index (κ1) is 32.7. The number of nitrogens with zero attached hydrogens (tertiary/aromatic N) is 2. The topological polar surface area (TPSA) is 24.7 Å². The van der Waals surface area contributed by atoms with Crippen molar-refractivity contribution < 1.29 is 0 Å². The molecule has 8 bridgehead atoms.